The minimum atomic E-state index is 0.308. The van der Waals surface area contributed by atoms with Crippen molar-refractivity contribution in [1.29, 1.82) is 0 Å². The van der Waals surface area contributed by atoms with Crippen LogP contribution in [0.1, 0.15) is 24.8 Å². The quantitative estimate of drug-likeness (QED) is 0.920. The number of rotatable bonds is 3. The van der Waals surface area contributed by atoms with Gasteiger partial charge in [-0.3, -0.25) is 0 Å². The van der Waals surface area contributed by atoms with Crippen molar-refractivity contribution < 1.29 is 4.74 Å². The van der Waals surface area contributed by atoms with Gasteiger partial charge in [0.25, 0.3) is 0 Å². The summed E-state index contributed by atoms with van der Waals surface area (Å²) < 4.78 is 7.60. The number of benzene rings is 1. The molecule has 4 rings (SSSR count). The molecule has 6 nitrogen and oxygen atoms in total. The van der Waals surface area contributed by atoms with Crippen LogP contribution >= 0.6 is 0 Å². The molecule has 1 N–H and O–H groups in total. The summed E-state index contributed by atoms with van der Waals surface area (Å²) in [6, 6.07) is 8.48. The zero-order chi connectivity index (χ0) is 13.5. The fraction of sp³-hybridized carbons (Fsp3) is 0.500. The minimum absolute atomic E-state index is 0.308. The van der Waals surface area contributed by atoms with Crippen molar-refractivity contribution >= 4 is 5.95 Å². The number of aromatic nitrogens is 4. The summed E-state index contributed by atoms with van der Waals surface area (Å²) in [5, 5.41) is 15.4. The first kappa shape index (κ1) is 11.8. The van der Waals surface area contributed by atoms with E-state index in [0.717, 1.165) is 18.5 Å². The Hall–Kier alpha value is -1.95. The number of nitrogens with zero attached hydrogens (tertiary/aromatic N) is 4. The van der Waals surface area contributed by atoms with E-state index in [1.807, 2.05) is 12.1 Å². The van der Waals surface area contributed by atoms with E-state index in [4.69, 9.17) is 4.74 Å². The van der Waals surface area contributed by atoms with Crippen LogP contribution < -0.4 is 5.32 Å². The smallest absolute Gasteiger partial charge is 0.248 e. The highest BCUT2D eigenvalue weighted by molar-refractivity contribution is 5.40. The number of anilines is 1. The molecule has 0 amide bonds. The molecule has 2 aliphatic rings. The second-order valence-electron chi connectivity index (χ2n) is 5.61. The minimum Gasteiger partial charge on any atom is -0.373 e. The van der Waals surface area contributed by atoms with Crippen LogP contribution in [0.4, 0.5) is 5.95 Å². The van der Waals surface area contributed by atoms with E-state index in [9.17, 15) is 0 Å². The Balaban J connectivity index is 1.57. The predicted octanol–water partition coefficient (Wildman–Crippen LogP) is 1.70. The molecule has 2 fully saturated rings. The third-order valence-electron chi connectivity index (χ3n) is 4.17. The maximum absolute atomic E-state index is 5.85. The van der Waals surface area contributed by atoms with Crippen molar-refractivity contribution in [1.82, 2.24) is 20.2 Å². The van der Waals surface area contributed by atoms with Crippen molar-refractivity contribution in [3.63, 3.8) is 0 Å². The Labute approximate surface area is 117 Å². The van der Waals surface area contributed by atoms with E-state index in [-0.39, 0.29) is 0 Å². The lowest BCUT2D eigenvalue weighted by Crippen LogP contribution is -2.31. The lowest BCUT2D eigenvalue weighted by molar-refractivity contribution is 0.102. The number of ether oxygens (including phenoxy) is 1. The number of fused-ring (bicyclic) bond motifs is 2. The zero-order valence-electron chi connectivity index (χ0n) is 11.4. The Kier molecular flexibility index (Phi) is 2.70. The second-order valence-corrected chi connectivity index (χ2v) is 5.61. The van der Waals surface area contributed by atoms with E-state index < -0.39 is 0 Å². The van der Waals surface area contributed by atoms with E-state index in [1.165, 1.54) is 12.0 Å². The molecule has 2 saturated heterocycles. The van der Waals surface area contributed by atoms with Gasteiger partial charge < -0.3 is 10.1 Å². The van der Waals surface area contributed by atoms with Crippen LogP contribution in [0.3, 0.4) is 0 Å². The third-order valence-corrected chi connectivity index (χ3v) is 4.17. The first-order valence-electron chi connectivity index (χ1n) is 7.07. The standard InChI is InChI=1S/C14H17N5O/c1-9-2-4-10(5-3-9)19-14(16-17-18-19)15-12-8-11-6-7-13(12)20-11/h2-5,11-13H,6-8H2,1H3,(H,15,16,18)/t11-,12-,13-/m1/s1. The van der Waals surface area contributed by atoms with Gasteiger partial charge in [0.1, 0.15) is 0 Å². The van der Waals surface area contributed by atoms with Crippen molar-refractivity contribution in [2.75, 3.05) is 5.32 Å². The van der Waals surface area contributed by atoms with Gasteiger partial charge in [-0.15, -0.1) is 0 Å². The summed E-state index contributed by atoms with van der Waals surface area (Å²) in [6.45, 7) is 2.06. The number of hydrogen-bond acceptors (Lipinski definition) is 5. The van der Waals surface area contributed by atoms with E-state index >= 15 is 0 Å². The zero-order valence-corrected chi connectivity index (χ0v) is 11.4. The summed E-state index contributed by atoms with van der Waals surface area (Å²) in [7, 11) is 0. The number of tetrazole rings is 1. The SMILES string of the molecule is Cc1ccc(-n2nnnc2N[C@@H]2C[C@H]3CC[C@H]2O3)cc1. The molecule has 0 unspecified atom stereocenters. The molecule has 2 bridgehead atoms. The van der Waals surface area contributed by atoms with Crippen molar-refractivity contribution in [3.8, 4) is 5.69 Å². The molecule has 3 heterocycles. The molecule has 2 aromatic rings. The summed E-state index contributed by atoms with van der Waals surface area (Å²) >= 11 is 0. The summed E-state index contributed by atoms with van der Waals surface area (Å²) in [5.41, 5.74) is 2.19. The number of aryl methyl sites for hydroxylation is 1. The van der Waals surface area contributed by atoms with Gasteiger partial charge in [0, 0.05) is 0 Å². The number of hydrogen-bond donors (Lipinski definition) is 1. The van der Waals surface area contributed by atoms with Gasteiger partial charge >= 0.3 is 0 Å². The number of nitrogens with one attached hydrogen (secondary N) is 1. The van der Waals surface area contributed by atoms with Crippen LogP contribution in [0, 0.1) is 6.92 Å². The van der Waals surface area contributed by atoms with E-state index in [2.05, 4.69) is 39.9 Å². The largest absolute Gasteiger partial charge is 0.373 e. The molecule has 104 valence electrons. The van der Waals surface area contributed by atoms with Gasteiger partial charge in [0.15, 0.2) is 0 Å². The van der Waals surface area contributed by atoms with Crippen molar-refractivity contribution in [2.45, 2.75) is 44.4 Å². The van der Waals surface area contributed by atoms with Crippen LogP contribution in [-0.2, 0) is 4.74 Å². The Morgan fingerprint density at radius 2 is 2.10 bits per heavy atom. The molecule has 0 aliphatic carbocycles. The van der Waals surface area contributed by atoms with Crippen LogP contribution in [-0.4, -0.2) is 38.5 Å². The van der Waals surface area contributed by atoms with Crippen molar-refractivity contribution in [2.24, 2.45) is 0 Å². The van der Waals surface area contributed by atoms with Crippen LogP contribution in [0.25, 0.3) is 5.69 Å². The maximum Gasteiger partial charge on any atom is 0.248 e. The topological polar surface area (TPSA) is 64.9 Å². The highest BCUT2D eigenvalue weighted by Gasteiger charge is 2.41. The highest BCUT2D eigenvalue weighted by atomic mass is 16.5. The van der Waals surface area contributed by atoms with Crippen molar-refractivity contribution in [3.05, 3.63) is 29.8 Å². The second kappa shape index (κ2) is 4.56. The molecular formula is C14H17N5O. The van der Waals surface area contributed by atoms with Crippen LogP contribution in [0.2, 0.25) is 0 Å². The normalized spacial score (nSPS) is 27.9. The molecule has 6 heteroatoms. The van der Waals surface area contributed by atoms with Gasteiger partial charge in [-0.2, -0.15) is 4.68 Å². The first-order valence-corrected chi connectivity index (χ1v) is 7.07. The van der Waals surface area contributed by atoms with Crippen LogP contribution in [0.5, 0.6) is 0 Å². The Morgan fingerprint density at radius 1 is 1.25 bits per heavy atom. The summed E-state index contributed by atoms with van der Waals surface area (Å²) in [6.07, 6.45) is 4.09. The molecule has 2 aliphatic heterocycles. The predicted molar refractivity (Wildman–Crippen MR) is 73.8 cm³/mol. The first-order chi connectivity index (χ1) is 9.79. The monoisotopic (exact) mass is 271 g/mol. The van der Waals surface area contributed by atoms with Gasteiger partial charge in [0.2, 0.25) is 5.95 Å². The van der Waals surface area contributed by atoms with Gasteiger partial charge in [0.05, 0.1) is 23.9 Å². The summed E-state index contributed by atoms with van der Waals surface area (Å²) in [5.74, 6) is 0.690. The Morgan fingerprint density at radius 3 is 2.80 bits per heavy atom. The van der Waals surface area contributed by atoms with E-state index in [1.54, 1.807) is 4.68 Å². The maximum atomic E-state index is 5.85. The molecule has 1 aromatic carbocycles. The lowest BCUT2D eigenvalue weighted by Gasteiger charge is -2.20. The average molecular weight is 271 g/mol. The lowest BCUT2D eigenvalue weighted by atomic mass is 9.96. The van der Waals surface area contributed by atoms with Gasteiger partial charge in [-0.25, -0.2) is 0 Å². The summed E-state index contributed by atoms with van der Waals surface area (Å²) in [4.78, 5) is 0. The molecule has 3 atom stereocenters. The fourth-order valence-electron chi connectivity index (χ4n) is 3.09. The van der Waals surface area contributed by atoms with Gasteiger partial charge in [-0.05, 0) is 48.7 Å². The molecule has 1 aromatic heterocycles. The molecule has 0 spiro atoms. The van der Waals surface area contributed by atoms with E-state index in [0.29, 0.717) is 24.2 Å². The molecule has 0 radical (unpaired) electrons. The molecule has 0 saturated carbocycles. The Bertz CT molecular complexity index is 608. The highest BCUT2D eigenvalue weighted by Crippen LogP contribution is 2.35. The van der Waals surface area contributed by atoms with Crippen LogP contribution in [0.15, 0.2) is 24.3 Å². The average Bonchev–Trinajstić information content (AvgIpc) is 3.16. The van der Waals surface area contributed by atoms with Gasteiger partial charge in [-0.1, -0.05) is 22.8 Å². The fourth-order valence-corrected chi connectivity index (χ4v) is 3.09. The molecular weight excluding hydrogens is 254 g/mol. The molecule has 20 heavy (non-hydrogen) atoms. The third kappa shape index (κ3) is 1.96.